The molecule has 98 valence electrons. The van der Waals surface area contributed by atoms with Crippen molar-refractivity contribution in [1.29, 1.82) is 0 Å². The van der Waals surface area contributed by atoms with E-state index in [0.717, 1.165) is 32.1 Å². The molecule has 0 aliphatic heterocycles. The lowest BCUT2D eigenvalue weighted by Gasteiger charge is -2.30. The van der Waals surface area contributed by atoms with E-state index >= 15 is 0 Å². The number of nitrogens with two attached hydrogens (primary N) is 1. The minimum atomic E-state index is -0.945. The van der Waals surface area contributed by atoms with Gasteiger partial charge in [0.2, 0.25) is 5.91 Å². The third-order valence-electron chi connectivity index (χ3n) is 3.25. The van der Waals surface area contributed by atoms with Crippen molar-refractivity contribution in [3.05, 3.63) is 0 Å². The maximum Gasteiger partial charge on any atom is 0.323 e. The van der Waals surface area contributed by atoms with Gasteiger partial charge < -0.3 is 15.7 Å². The van der Waals surface area contributed by atoms with Gasteiger partial charge in [-0.05, 0) is 32.1 Å². The number of carbonyl (C=O) groups is 2. The summed E-state index contributed by atoms with van der Waals surface area (Å²) in [5, 5.41) is 8.79. The molecule has 0 saturated heterocycles. The fourth-order valence-corrected chi connectivity index (χ4v) is 2.32. The number of amides is 1. The summed E-state index contributed by atoms with van der Waals surface area (Å²) in [5.74, 6) is -0.985. The second kappa shape index (κ2) is 6.59. The van der Waals surface area contributed by atoms with E-state index in [1.807, 2.05) is 6.92 Å². The third-order valence-corrected chi connectivity index (χ3v) is 3.25. The number of rotatable bonds is 5. The number of hydrogen-bond acceptors (Lipinski definition) is 3. The van der Waals surface area contributed by atoms with Crippen LogP contribution in [0.2, 0.25) is 0 Å². The van der Waals surface area contributed by atoms with Crippen LogP contribution in [-0.4, -0.2) is 41.0 Å². The number of aliphatic carboxylic acids is 1. The highest BCUT2D eigenvalue weighted by Gasteiger charge is 2.28. The molecule has 0 aromatic heterocycles. The first-order valence-corrected chi connectivity index (χ1v) is 6.30. The van der Waals surface area contributed by atoms with Crippen molar-refractivity contribution in [3.8, 4) is 0 Å². The molecule has 0 unspecified atom stereocenters. The second-order valence-corrected chi connectivity index (χ2v) is 4.77. The molecule has 0 heterocycles. The van der Waals surface area contributed by atoms with Gasteiger partial charge in [0.25, 0.3) is 0 Å². The van der Waals surface area contributed by atoms with Crippen LogP contribution in [-0.2, 0) is 9.59 Å². The van der Waals surface area contributed by atoms with Crippen LogP contribution in [0.5, 0.6) is 0 Å². The largest absolute Gasteiger partial charge is 0.480 e. The zero-order valence-electron chi connectivity index (χ0n) is 10.4. The Balaban J connectivity index is 2.54. The molecule has 1 fully saturated rings. The van der Waals surface area contributed by atoms with E-state index in [9.17, 15) is 9.59 Å². The van der Waals surface area contributed by atoms with E-state index in [1.165, 1.54) is 4.90 Å². The van der Waals surface area contributed by atoms with Crippen LogP contribution in [0, 0.1) is 5.92 Å². The quantitative estimate of drug-likeness (QED) is 0.748. The van der Waals surface area contributed by atoms with Crippen LogP contribution in [0.1, 0.15) is 39.0 Å². The Hall–Kier alpha value is -1.10. The Morgan fingerprint density at radius 1 is 1.29 bits per heavy atom. The first kappa shape index (κ1) is 14.0. The van der Waals surface area contributed by atoms with E-state index in [2.05, 4.69) is 0 Å². The topological polar surface area (TPSA) is 83.6 Å². The summed E-state index contributed by atoms with van der Waals surface area (Å²) >= 11 is 0. The van der Waals surface area contributed by atoms with Crippen LogP contribution in [0.4, 0.5) is 0 Å². The molecule has 0 aromatic carbocycles. The van der Waals surface area contributed by atoms with Crippen molar-refractivity contribution in [2.45, 2.75) is 45.1 Å². The molecule has 0 aromatic rings. The van der Waals surface area contributed by atoms with Gasteiger partial charge in [-0.2, -0.15) is 0 Å². The Kier molecular flexibility index (Phi) is 5.41. The Morgan fingerprint density at radius 2 is 1.88 bits per heavy atom. The van der Waals surface area contributed by atoms with Gasteiger partial charge in [-0.3, -0.25) is 9.59 Å². The second-order valence-electron chi connectivity index (χ2n) is 4.77. The van der Waals surface area contributed by atoms with Crippen LogP contribution in [0.3, 0.4) is 0 Å². The van der Waals surface area contributed by atoms with Gasteiger partial charge in [0.05, 0.1) is 0 Å². The number of carboxylic acid groups (broad SMARTS) is 1. The molecule has 1 saturated carbocycles. The summed E-state index contributed by atoms with van der Waals surface area (Å²) in [7, 11) is 0. The van der Waals surface area contributed by atoms with Crippen LogP contribution >= 0.6 is 0 Å². The molecule has 0 radical (unpaired) electrons. The van der Waals surface area contributed by atoms with Crippen LogP contribution in [0.15, 0.2) is 0 Å². The minimum absolute atomic E-state index is 0.0128. The van der Waals surface area contributed by atoms with E-state index in [1.54, 1.807) is 0 Å². The highest BCUT2D eigenvalue weighted by atomic mass is 16.4. The first-order valence-electron chi connectivity index (χ1n) is 6.30. The number of nitrogens with zero attached hydrogens (tertiary/aromatic N) is 1. The van der Waals surface area contributed by atoms with Crippen molar-refractivity contribution < 1.29 is 14.7 Å². The highest BCUT2D eigenvalue weighted by Crippen LogP contribution is 2.25. The number of hydrogen-bond donors (Lipinski definition) is 2. The fraction of sp³-hybridized carbons (Fsp3) is 0.833. The van der Waals surface area contributed by atoms with Crippen LogP contribution < -0.4 is 5.73 Å². The molecule has 5 heteroatoms. The molecular formula is C12H22N2O3. The standard InChI is InChI=1S/C12H22N2O3/c1-2-7-14(8-11(15)16)12(17)9-3-5-10(13)6-4-9/h9-10H,2-8,13H2,1H3,(H,15,16). The lowest BCUT2D eigenvalue weighted by molar-refractivity contribution is -0.146. The molecule has 1 amide bonds. The van der Waals surface area contributed by atoms with Gasteiger partial charge in [-0.15, -0.1) is 0 Å². The summed E-state index contributed by atoms with van der Waals surface area (Å²) in [6, 6.07) is 0.207. The molecule has 5 nitrogen and oxygen atoms in total. The average molecular weight is 242 g/mol. The molecular weight excluding hydrogens is 220 g/mol. The summed E-state index contributed by atoms with van der Waals surface area (Å²) in [4.78, 5) is 24.3. The van der Waals surface area contributed by atoms with Gasteiger partial charge in [-0.25, -0.2) is 0 Å². The Bertz CT molecular complexity index is 273. The molecule has 0 atom stereocenters. The van der Waals surface area contributed by atoms with E-state index in [-0.39, 0.29) is 24.4 Å². The lowest BCUT2D eigenvalue weighted by Crippen LogP contribution is -2.42. The zero-order chi connectivity index (χ0) is 12.8. The molecule has 17 heavy (non-hydrogen) atoms. The molecule has 1 aliphatic rings. The number of carbonyl (C=O) groups excluding carboxylic acids is 1. The molecule has 0 bridgehead atoms. The zero-order valence-corrected chi connectivity index (χ0v) is 10.4. The highest BCUT2D eigenvalue weighted by molar-refractivity contribution is 5.83. The predicted molar refractivity (Wildman–Crippen MR) is 64.4 cm³/mol. The predicted octanol–water partition coefficient (Wildman–Crippen LogP) is 0.827. The minimum Gasteiger partial charge on any atom is -0.480 e. The smallest absolute Gasteiger partial charge is 0.323 e. The van der Waals surface area contributed by atoms with Crippen molar-refractivity contribution in [3.63, 3.8) is 0 Å². The summed E-state index contributed by atoms with van der Waals surface area (Å²) in [6.07, 6.45) is 4.10. The fourth-order valence-electron chi connectivity index (χ4n) is 2.32. The lowest BCUT2D eigenvalue weighted by atomic mass is 9.85. The van der Waals surface area contributed by atoms with Gasteiger partial charge in [0.1, 0.15) is 6.54 Å². The monoisotopic (exact) mass is 242 g/mol. The number of carboxylic acids is 1. The summed E-state index contributed by atoms with van der Waals surface area (Å²) in [6.45, 7) is 2.28. The van der Waals surface area contributed by atoms with Gasteiger partial charge >= 0.3 is 5.97 Å². The average Bonchev–Trinajstić information content (AvgIpc) is 2.28. The SMILES string of the molecule is CCCN(CC(=O)O)C(=O)C1CCC(N)CC1. The van der Waals surface area contributed by atoms with Gasteiger partial charge in [0.15, 0.2) is 0 Å². The van der Waals surface area contributed by atoms with E-state index in [0.29, 0.717) is 6.54 Å². The molecule has 0 spiro atoms. The summed E-state index contributed by atoms with van der Waals surface area (Å²) < 4.78 is 0. The van der Waals surface area contributed by atoms with Gasteiger partial charge in [0, 0.05) is 18.5 Å². The van der Waals surface area contributed by atoms with Crippen LogP contribution in [0.25, 0.3) is 0 Å². The molecule has 1 rings (SSSR count). The molecule has 1 aliphatic carbocycles. The Morgan fingerprint density at radius 3 is 2.35 bits per heavy atom. The normalized spacial score (nSPS) is 24.4. The maximum absolute atomic E-state index is 12.2. The Labute approximate surface area is 102 Å². The summed E-state index contributed by atoms with van der Waals surface area (Å²) in [5.41, 5.74) is 5.79. The van der Waals surface area contributed by atoms with Crippen molar-refractivity contribution in [1.82, 2.24) is 4.90 Å². The maximum atomic E-state index is 12.2. The van der Waals surface area contributed by atoms with E-state index in [4.69, 9.17) is 10.8 Å². The van der Waals surface area contributed by atoms with Gasteiger partial charge in [-0.1, -0.05) is 6.92 Å². The molecule has 3 N–H and O–H groups in total. The third kappa shape index (κ3) is 4.34. The van der Waals surface area contributed by atoms with E-state index < -0.39 is 5.97 Å². The first-order chi connectivity index (χ1) is 8.04. The van der Waals surface area contributed by atoms with Crippen molar-refractivity contribution in [2.75, 3.05) is 13.1 Å². The van der Waals surface area contributed by atoms with Crippen molar-refractivity contribution in [2.24, 2.45) is 11.7 Å². The van der Waals surface area contributed by atoms with Crippen molar-refractivity contribution >= 4 is 11.9 Å².